The molecular weight excluding hydrogens is 601 g/mol. The molecule has 0 N–H and O–H groups in total. The molecule has 0 aliphatic carbocycles. The molecular formula is C18H16S12. The van der Waals surface area contributed by atoms with Crippen molar-refractivity contribution in [1.29, 1.82) is 0 Å². The Labute approximate surface area is 229 Å². The Morgan fingerprint density at radius 1 is 0.400 bits per heavy atom. The number of hydrogen-bond donors (Lipinski definition) is 0. The molecule has 0 saturated carbocycles. The van der Waals surface area contributed by atoms with E-state index in [1.165, 1.54) is 69.8 Å². The van der Waals surface area contributed by atoms with Crippen molar-refractivity contribution in [1.82, 2.24) is 0 Å². The third kappa shape index (κ3) is 6.86. The summed E-state index contributed by atoms with van der Waals surface area (Å²) in [6.45, 7) is 0. The van der Waals surface area contributed by atoms with Crippen molar-refractivity contribution in [3.05, 3.63) is 55.5 Å². The fourth-order valence-corrected chi connectivity index (χ4v) is 18.1. The maximum Gasteiger partial charge on any atom is 0.0706 e. The van der Waals surface area contributed by atoms with Crippen molar-refractivity contribution in [2.45, 2.75) is 12.8 Å². The molecule has 0 atom stereocenters. The molecule has 0 nitrogen and oxygen atoms in total. The van der Waals surface area contributed by atoms with Gasteiger partial charge < -0.3 is 0 Å². The van der Waals surface area contributed by atoms with Crippen LogP contribution in [0, 0.1) is 0 Å². The molecule has 0 unspecified atom stereocenters. The van der Waals surface area contributed by atoms with Crippen molar-refractivity contribution in [2.75, 3.05) is 23.0 Å². The summed E-state index contributed by atoms with van der Waals surface area (Å²) in [5.74, 6) is 4.85. The van der Waals surface area contributed by atoms with E-state index in [0.29, 0.717) is 0 Å². The molecule has 0 spiro atoms. The van der Waals surface area contributed by atoms with Gasteiger partial charge in [0.1, 0.15) is 0 Å². The van der Waals surface area contributed by atoms with E-state index in [-0.39, 0.29) is 0 Å². The molecule has 0 radical (unpaired) electrons. The molecule has 5 aliphatic heterocycles. The molecule has 0 aromatic carbocycles. The molecule has 5 aliphatic rings. The van der Waals surface area contributed by atoms with E-state index in [9.17, 15) is 0 Å². The highest BCUT2D eigenvalue weighted by Gasteiger charge is 2.24. The Balaban J connectivity index is 1.19. The zero-order valence-electron chi connectivity index (χ0n) is 15.5. The average molecular weight is 617 g/mol. The lowest BCUT2D eigenvalue weighted by Gasteiger charge is -2.06. The zero-order chi connectivity index (χ0) is 20.2. The van der Waals surface area contributed by atoms with Gasteiger partial charge in [0.2, 0.25) is 0 Å². The van der Waals surface area contributed by atoms with Gasteiger partial charge in [0, 0.05) is 0 Å². The van der Waals surface area contributed by atoms with Crippen LogP contribution >= 0.6 is 141 Å². The largest absolute Gasteiger partial charge is 0.118 e. The molecule has 5 rings (SSSR count). The average Bonchev–Trinajstić information content (AvgIpc) is 3.53. The molecule has 0 aromatic rings. The van der Waals surface area contributed by atoms with Gasteiger partial charge >= 0.3 is 0 Å². The molecule has 0 fully saturated rings. The Hall–Kier alpha value is 2.64. The molecule has 30 heavy (non-hydrogen) atoms. The molecule has 0 amide bonds. The highest BCUT2D eigenvalue weighted by Crippen LogP contribution is 2.60. The van der Waals surface area contributed by atoms with Gasteiger partial charge in [0.05, 0.1) is 33.9 Å². The Morgan fingerprint density at radius 2 is 0.667 bits per heavy atom. The summed E-state index contributed by atoms with van der Waals surface area (Å²) in [7, 11) is 0. The van der Waals surface area contributed by atoms with Crippen LogP contribution in [-0.2, 0) is 0 Å². The number of rotatable bonds is 0. The van der Waals surface area contributed by atoms with Crippen molar-refractivity contribution in [3.63, 3.8) is 0 Å². The van der Waals surface area contributed by atoms with Gasteiger partial charge in [0.15, 0.2) is 0 Å². The normalized spacial score (nSPS) is 30.9. The first kappa shape index (κ1) is 24.3. The fraction of sp³-hybridized carbons (Fsp3) is 0.333. The Morgan fingerprint density at radius 3 is 0.933 bits per heavy atom. The van der Waals surface area contributed by atoms with Crippen LogP contribution in [0.4, 0.5) is 0 Å². The summed E-state index contributed by atoms with van der Waals surface area (Å²) in [6, 6.07) is 0. The molecule has 5 heterocycles. The number of hydrogen-bond acceptors (Lipinski definition) is 12. The van der Waals surface area contributed by atoms with Crippen LogP contribution in [-0.4, -0.2) is 23.0 Å². The predicted molar refractivity (Wildman–Crippen MR) is 166 cm³/mol. The predicted octanol–water partition coefficient (Wildman–Crippen LogP) is 11.1. The summed E-state index contributed by atoms with van der Waals surface area (Å²) in [6.07, 6.45) is 2.52. The zero-order valence-corrected chi connectivity index (χ0v) is 25.2. The van der Waals surface area contributed by atoms with E-state index >= 15 is 0 Å². The highest BCUT2D eigenvalue weighted by atomic mass is 32.3. The first-order valence-corrected chi connectivity index (χ1v) is 19.7. The number of thioether (sulfide) groups is 12. The van der Waals surface area contributed by atoms with Gasteiger partial charge in [-0.15, -0.1) is 47.0 Å². The highest BCUT2D eigenvalue weighted by molar-refractivity contribution is 8.41. The minimum atomic E-state index is 1.21. The van der Waals surface area contributed by atoms with Crippen LogP contribution < -0.4 is 0 Å². The second kappa shape index (κ2) is 12.6. The van der Waals surface area contributed by atoms with Crippen molar-refractivity contribution < 1.29 is 0 Å². The standard InChI is InChI=1S/C18H16S12/c1-3-19-11-7-23-15(27-11)17-25-9-13(29-17)21-5-2-6-22-14-10-26-18(30-14)16-24-8-12(28-16)20-4-1/h7-10H,1-6H2/b17-15-,18-16+. The molecule has 0 aromatic heterocycles. The van der Waals surface area contributed by atoms with Crippen molar-refractivity contribution in [2.24, 2.45) is 0 Å². The first-order valence-electron chi connectivity index (χ1n) is 9.02. The second-order valence-corrected chi connectivity index (χ2v) is 20.2. The van der Waals surface area contributed by atoms with E-state index in [0.717, 1.165) is 0 Å². The minimum Gasteiger partial charge on any atom is -0.118 e. The SMILES string of the molecule is C1=C2SCCCSC3=CS/C(=C4/SC=C(SCCCSC5=CS/C(=C(\S1)S2)S5)S4)S3. The topological polar surface area (TPSA) is 0 Å². The molecule has 160 valence electrons. The van der Waals surface area contributed by atoms with Gasteiger partial charge in [-0.1, -0.05) is 94.1 Å². The van der Waals surface area contributed by atoms with Crippen LogP contribution in [0.3, 0.4) is 0 Å². The van der Waals surface area contributed by atoms with Crippen LogP contribution in [0.25, 0.3) is 0 Å². The summed E-state index contributed by atoms with van der Waals surface area (Å²) >= 11 is 23.7. The first-order chi connectivity index (χ1) is 14.8. The van der Waals surface area contributed by atoms with Crippen LogP contribution in [0.2, 0.25) is 0 Å². The summed E-state index contributed by atoms with van der Waals surface area (Å²) < 4.78 is 11.8. The van der Waals surface area contributed by atoms with E-state index in [1.54, 1.807) is 0 Å². The smallest absolute Gasteiger partial charge is 0.0706 e. The van der Waals surface area contributed by atoms with Crippen molar-refractivity contribution in [3.8, 4) is 0 Å². The van der Waals surface area contributed by atoms with Gasteiger partial charge in [-0.2, -0.15) is 0 Å². The Bertz CT molecular complexity index is 738. The maximum atomic E-state index is 2.35. The quantitative estimate of drug-likeness (QED) is 0.254. The molecule has 0 saturated heterocycles. The summed E-state index contributed by atoms with van der Waals surface area (Å²) in [5.41, 5.74) is 0. The van der Waals surface area contributed by atoms with Crippen LogP contribution in [0.5, 0.6) is 0 Å². The fourth-order valence-electron chi connectivity index (χ4n) is 2.39. The molecule has 12 heteroatoms. The van der Waals surface area contributed by atoms with Crippen molar-refractivity contribution >= 4 is 141 Å². The number of fused-ring (bicyclic) bond motifs is 8. The Kier molecular flexibility index (Phi) is 10.2. The lowest BCUT2D eigenvalue weighted by molar-refractivity contribution is 1.13. The van der Waals surface area contributed by atoms with E-state index < -0.39 is 0 Å². The van der Waals surface area contributed by atoms with E-state index in [2.05, 4.69) is 21.6 Å². The van der Waals surface area contributed by atoms with Gasteiger partial charge in [-0.25, -0.2) is 0 Å². The summed E-state index contributed by atoms with van der Waals surface area (Å²) in [4.78, 5) is 0. The summed E-state index contributed by atoms with van der Waals surface area (Å²) in [5, 5.41) is 9.42. The monoisotopic (exact) mass is 616 g/mol. The lowest BCUT2D eigenvalue weighted by atomic mass is 10.6. The third-order valence-electron chi connectivity index (χ3n) is 3.71. The maximum absolute atomic E-state index is 2.35. The van der Waals surface area contributed by atoms with Gasteiger partial charge in [0.25, 0.3) is 0 Å². The molecule has 8 bridgehead atoms. The van der Waals surface area contributed by atoms with E-state index in [4.69, 9.17) is 0 Å². The van der Waals surface area contributed by atoms with E-state index in [1.807, 2.05) is 141 Å². The van der Waals surface area contributed by atoms with Gasteiger partial charge in [-0.3, -0.25) is 0 Å². The lowest BCUT2D eigenvalue weighted by Crippen LogP contribution is -1.83. The van der Waals surface area contributed by atoms with Crippen LogP contribution in [0.1, 0.15) is 12.8 Å². The van der Waals surface area contributed by atoms with Gasteiger partial charge in [-0.05, 0) is 57.5 Å². The van der Waals surface area contributed by atoms with Crippen LogP contribution in [0.15, 0.2) is 55.5 Å². The second-order valence-electron chi connectivity index (χ2n) is 5.88. The third-order valence-corrected chi connectivity index (χ3v) is 20.0. The minimum absolute atomic E-state index is 1.21.